The highest BCUT2D eigenvalue weighted by atomic mass is 16.5. The van der Waals surface area contributed by atoms with Crippen molar-refractivity contribution in [3.05, 3.63) is 71.5 Å². The highest BCUT2D eigenvalue weighted by molar-refractivity contribution is 5.97. The van der Waals surface area contributed by atoms with Crippen molar-refractivity contribution in [2.45, 2.75) is 6.54 Å². The summed E-state index contributed by atoms with van der Waals surface area (Å²) in [5, 5.41) is 0. The van der Waals surface area contributed by atoms with Crippen molar-refractivity contribution < 1.29 is 9.53 Å². The molecule has 2 fully saturated rings. The van der Waals surface area contributed by atoms with Crippen LogP contribution in [0.25, 0.3) is 6.08 Å². The number of carbonyl (C=O) groups is 1. The summed E-state index contributed by atoms with van der Waals surface area (Å²) in [5.41, 5.74) is 3.34. The van der Waals surface area contributed by atoms with E-state index < -0.39 is 0 Å². The summed E-state index contributed by atoms with van der Waals surface area (Å²) in [7, 11) is 2.15. The van der Waals surface area contributed by atoms with Crippen molar-refractivity contribution in [3.63, 3.8) is 0 Å². The maximum absolute atomic E-state index is 13.0. The fourth-order valence-corrected chi connectivity index (χ4v) is 3.73. The molecule has 0 aromatic heterocycles. The van der Waals surface area contributed by atoms with Crippen LogP contribution in [0.4, 0.5) is 5.69 Å². The Kier molecular flexibility index (Phi) is 5.63. The van der Waals surface area contributed by atoms with Gasteiger partial charge in [-0.3, -0.25) is 4.79 Å². The Hall–Kier alpha value is -2.79. The normalized spacial score (nSPS) is 19.8. The van der Waals surface area contributed by atoms with Gasteiger partial charge in [0.05, 0.1) is 6.54 Å². The van der Waals surface area contributed by atoms with Crippen LogP contribution in [0, 0.1) is 0 Å². The Labute approximate surface area is 166 Å². The number of nitrogens with zero attached hydrogens (tertiary/aromatic N) is 3. The lowest BCUT2D eigenvalue weighted by Gasteiger charge is -2.35. The topological polar surface area (TPSA) is 36.0 Å². The van der Waals surface area contributed by atoms with E-state index in [1.165, 1.54) is 5.69 Å². The van der Waals surface area contributed by atoms with Gasteiger partial charge in [-0.25, -0.2) is 0 Å². The molecule has 2 aromatic rings. The van der Waals surface area contributed by atoms with Crippen molar-refractivity contribution in [1.82, 2.24) is 9.80 Å². The van der Waals surface area contributed by atoms with Crippen LogP contribution >= 0.6 is 0 Å². The van der Waals surface area contributed by atoms with Gasteiger partial charge in [-0.15, -0.1) is 0 Å². The first-order valence-electron chi connectivity index (χ1n) is 9.91. The molecule has 0 bridgehead atoms. The molecule has 2 aliphatic heterocycles. The fourth-order valence-electron chi connectivity index (χ4n) is 3.73. The Bertz CT molecular complexity index is 842. The van der Waals surface area contributed by atoms with Gasteiger partial charge < -0.3 is 19.4 Å². The van der Waals surface area contributed by atoms with E-state index in [1.54, 1.807) is 0 Å². The molecule has 0 radical (unpaired) electrons. The van der Waals surface area contributed by atoms with Crippen LogP contribution < -0.4 is 4.90 Å². The molecule has 0 atom stereocenters. The molecule has 0 unspecified atom stereocenters. The molecule has 2 aromatic carbocycles. The third kappa shape index (κ3) is 4.20. The van der Waals surface area contributed by atoms with E-state index >= 15 is 0 Å². The Morgan fingerprint density at radius 2 is 1.64 bits per heavy atom. The van der Waals surface area contributed by atoms with Crippen molar-refractivity contribution in [2.24, 2.45) is 0 Å². The zero-order valence-corrected chi connectivity index (χ0v) is 16.4. The molecular weight excluding hydrogens is 350 g/mol. The number of para-hydroxylation sites is 1. The molecule has 146 valence electrons. The predicted molar refractivity (Wildman–Crippen MR) is 112 cm³/mol. The van der Waals surface area contributed by atoms with Gasteiger partial charge in [-0.2, -0.15) is 0 Å². The zero-order chi connectivity index (χ0) is 19.3. The lowest BCUT2D eigenvalue weighted by Crippen LogP contribution is -2.44. The number of ether oxygens (including phenoxy) is 1. The molecule has 4 rings (SSSR count). The quantitative estimate of drug-likeness (QED) is 0.768. The van der Waals surface area contributed by atoms with E-state index in [9.17, 15) is 4.79 Å². The van der Waals surface area contributed by atoms with E-state index in [1.807, 2.05) is 35.2 Å². The fraction of sp³-hybridized carbons (Fsp3) is 0.348. The Morgan fingerprint density at radius 1 is 0.929 bits per heavy atom. The first kappa shape index (κ1) is 18.6. The third-order valence-corrected chi connectivity index (χ3v) is 5.40. The minimum Gasteiger partial charge on any atom is -0.486 e. The van der Waals surface area contributed by atoms with Gasteiger partial charge in [-0.05, 0) is 24.8 Å². The zero-order valence-electron chi connectivity index (χ0n) is 16.4. The largest absolute Gasteiger partial charge is 0.486 e. The van der Waals surface area contributed by atoms with Crippen molar-refractivity contribution in [2.75, 3.05) is 51.3 Å². The van der Waals surface area contributed by atoms with E-state index in [0.29, 0.717) is 25.5 Å². The summed E-state index contributed by atoms with van der Waals surface area (Å²) >= 11 is 0. The lowest BCUT2D eigenvalue weighted by atomic mass is 10.1. The summed E-state index contributed by atoms with van der Waals surface area (Å²) in [6, 6.07) is 18.4. The molecule has 0 N–H and O–H groups in total. The molecule has 2 heterocycles. The van der Waals surface area contributed by atoms with E-state index in [2.05, 4.69) is 47.2 Å². The number of amides is 1. The average Bonchev–Trinajstić information content (AvgIpc) is 2.73. The smallest absolute Gasteiger partial charge is 0.289 e. The summed E-state index contributed by atoms with van der Waals surface area (Å²) in [5.74, 6) is 0.395. The number of morpholine rings is 1. The summed E-state index contributed by atoms with van der Waals surface area (Å²) in [6.07, 6.45) is 1.91. The SMILES string of the molecule is CN1CCN(c2ccccc2C=C2OCCN(Cc3ccccc3)C2=O)CC1. The van der Waals surface area contributed by atoms with E-state index in [0.717, 1.165) is 37.3 Å². The number of hydrogen-bond acceptors (Lipinski definition) is 4. The molecule has 1 amide bonds. The Morgan fingerprint density at radius 3 is 2.43 bits per heavy atom. The summed E-state index contributed by atoms with van der Waals surface area (Å²) in [4.78, 5) is 19.6. The summed E-state index contributed by atoms with van der Waals surface area (Å²) < 4.78 is 5.76. The maximum Gasteiger partial charge on any atom is 0.289 e. The van der Waals surface area contributed by atoms with Gasteiger partial charge in [0.2, 0.25) is 0 Å². The number of rotatable bonds is 4. The van der Waals surface area contributed by atoms with Gasteiger partial charge in [0, 0.05) is 44.0 Å². The second-order valence-corrected chi connectivity index (χ2v) is 7.42. The molecule has 0 spiro atoms. The van der Waals surface area contributed by atoms with E-state index in [-0.39, 0.29) is 5.91 Å². The maximum atomic E-state index is 13.0. The molecule has 28 heavy (non-hydrogen) atoms. The molecular formula is C23H27N3O2. The predicted octanol–water partition coefficient (Wildman–Crippen LogP) is 2.84. The van der Waals surface area contributed by atoms with Crippen molar-refractivity contribution in [3.8, 4) is 0 Å². The number of benzene rings is 2. The number of piperazine rings is 1. The van der Waals surface area contributed by atoms with Crippen LogP contribution in [0.1, 0.15) is 11.1 Å². The second kappa shape index (κ2) is 8.48. The lowest BCUT2D eigenvalue weighted by molar-refractivity contribution is -0.136. The molecule has 0 saturated carbocycles. The second-order valence-electron chi connectivity index (χ2n) is 7.42. The molecule has 2 aliphatic rings. The monoisotopic (exact) mass is 377 g/mol. The highest BCUT2D eigenvalue weighted by Gasteiger charge is 2.25. The number of hydrogen-bond donors (Lipinski definition) is 0. The van der Waals surface area contributed by atoms with Crippen LogP contribution in [0.2, 0.25) is 0 Å². The Balaban J connectivity index is 1.54. The first-order valence-corrected chi connectivity index (χ1v) is 9.91. The number of carbonyl (C=O) groups excluding carboxylic acids is 1. The van der Waals surface area contributed by atoms with E-state index in [4.69, 9.17) is 4.74 Å². The van der Waals surface area contributed by atoms with Crippen LogP contribution in [0.15, 0.2) is 60.4 Å². The van der Waals surface area contributed by atoms with Crippen molar-refractivity contribution in [1.29, 1.82) is 0 Å². The van der Waals surface area contributed by atoms with Gasteiger partial charge in [0.15, 0.2) is 5.76 Å². The first-order chi connectivity index (χ1) is 13.7. The molecule has 2 saturated heterocycles. The van der Waals surface area contributed by atoms with Crippen LogP contribution in [0.3, 0.4) is 0 Å². The number of likely N-dealkylation sites (N-methyl/N-ethyl adjacent to an activating group) is 1. The van der Waals surface area contributed by atoms with Gasteiger partial charge in [0.1, 0.15) is 6.61 Å². The van der Waals surface area contributed by atoms with Gasteiger partial charge in [0.25, 0.3) is 5.91 Å². The van der Waals surface area contributed by atoms with Gasteiger partial charge in [-0.1, -0.05) is 48.5 Å². The number of anilines is 1. The molecule has 5 heteroatoms. The standard InChI is InChI=1S/C23H27N3O2/c1-24-11-13-25(14-12-24)21-10-6-5-9-20(21)17-22-23(27)26(15-16-28-22)18-19-7-3-2-4-8-19/h2-10,17H,11-16,18H2,1H3. The summed E-state index contributed by atoms with van der Waals surface area (Å²) in [6.45, 7) is 5.83. The van der Waals surface area contributed by atoms with Crippen LogP contribution in [-0.4, -0.2) is 62.1 Å². The van der Waals surface area contributed by atoms with Gasteiger partial charge >= 0.3 is 0 Å². The van der Waals surface area contributed by atoms with Crippen LogP contribution in [-0.2, 0) is 16.1 Å². The highest BCUT2D eigenvalue weighted by Crippen LogP contribution is 2.26. The minimum absolute atomic E-state index is 0.0386. The van der Waals surface area contributed by atoms with Crippen molar-refractivity contribution >= 4 is 17.7 Å². The van der Waals surface area contributed by atoms with Crippen LogP contribution in [0.5, 0.6) is 0 Å². The molecule has 5 nitrogen and oxygen atoms in total. The third-order valence-electron chi connectivity index (χ3n) is 5.40. The molecule has 0 aliphatic carbocycles. The minimum atomic E-state index is -0.0386. The average molecular weight is 377 g/mol.